The first-order valence-electron chi connectivity index (χ1n) is 8.34. The van der Waals surface area contributed by atoms with Crippen LogP contribution in [-0.2, 0) is 27.3 Å². The molecule has 3 aromatic rings. The van der Waals surface area contributed by atoms with Gasteiger partial charge in [0.1, 0.15) is 12.4 Å². The van der Waals surface area contributed by atoms with Crippen LogP contribution in [0.25, 0.3) is 10.2 Å². The monoisotopic (exact) mass is 440 g/mol. The molecule has 3 rings (SSSR count). The van der Waals surface area contributed by atoms with Crippen LogP contribution >= 0.6 is 34.5 Å². The van der Waals surface area contributed by atoms with Crippen molar-refractivity contribution in [2.24, 2.45) is 4.99 Å². The van der Waals surface area contributed by atoms with Crippen molar-refractivity contribution < 1.29 is 18.7 Å². The zero-order valence-electron chi connectivity index (χ0n) is 14.7. The van der Waals surface area contributed by atoms with Crippen LogP contribution in [0.1, 0.15) is 12.5 Å². The highest BCUT2D eigenvalue weighted by atomic mass is 35.5. The molecule has 1 aromatic heterocycles. The van der Waals surface area contributed by atoms with E-state index in [4.69, 9.17) is 27.9 Å². The summed E-state index contributed by atoms with van der Waals surface area (Å²) in [5.41, 5.74) is 1.14. The molecule has 1 heterocycles. The van der Waals surface area contributed by atoms with Crippen LogP contribution in [0.4, 0.5) is 4.39 Å². The summed E-state index contributed by atoms with van der Waals surface area (Å²) >= 11 is 13.7. The van der Waals surface area contributed by atoms with Crippen LogP contribution in [0.3, 0.4) is 0 Å². The lowest BCUT2D eigenvalue weighted by Crippen LogP contribution is -2.23. The topological polar surface area (TPSA) is 60.7 Å². The Balaban J connectivity index is 2.05. The summed E-state index contributed by atoms with van der Waals surface area (Å²) in [6.07, 6.45) is -0.00457. The highest BCUT2D eigenvalue weighted by Crippen LogP contribution is 2.31. The number of fused-ring (bicyclic) bond motifs is 1. The molecular weight excluding hydrogens is 426 g/mol. The number of esters is 1. The van der Waals surface area contributed by atoms with E-state index in [-0.39, 0.29) is 30.2 Å². The summed E-state index contributed by atoms with van der Waals surface area (Å²) < 4.78 is 20.2. The molecule has 9 heteroatoms. The number of rotatable bonds is 5. The lowest BCUT2D eigenvalue weighted by molar-refractivity contribution is -0.143. The molecule has 0 unspecified atom stereocenters. The Morgan fingerprint density at radius 3 is 2.50 bits per heavy atom. The van der Waals surface area contributed by atoms with Crippen LogP contribution < -0.4 is 4.80 Å². The molecule has 0 spiro atoms. The second-order valence-corrected chi connectivity index (χ2v) is 7.58. The summed E-state index contributed by atoms with van der Waals surface area (Å²) in [5.74, 6) is -1.30. The van der Waals surface area contributed by atoms with Gasteiger partial charge in [0.15, 0.2) is 4.80 Å². The summed E-state index contributed by atoms with van der Waals surface area (Å²) in [4.78, 5) is 28.9. The molecule has 0 saturated carbocycles. The Morgan fingerprint density at radius 1 is 1.14 bits per heavy atom. The third-order valence-corrected chi connectivity index (χ3v) is 5.65. The largest absolute Gasteiger partial charge is 0.465 e. The maximum Gasteiger partial charge on any atom is 0.326 e. The van der Waals surface area contributed by atoms with Gasteiger partial charge in [0, 0.05) is 0 Å². The van der Waals surface area contributed by atoms with Crippen molar-refractivity contribution in [3.05, 3.63) is 62.6 Å². The van der Waals surface area contributed by atoms with E-state index in [0.29, 0.717) is 25.8 Å². The normalized spacial score (nSPS) is 11.8. The zero-order chi connectivity index (χ0) is 20.3. The van der Waals surface area contributed by atoms with Crippen molar-refractivity contribution >= 4 is 56.6 Å². The minimum absolute atomic E-state index is 0.00457. The Hall–Kier alpha value is -2.22. The minimum atomic E-state index is -0.481. The number of nitrogens with zero attached hydrogens (tertiary/aromatic N) is 2. The van der Waals surface area contributed by atoms with Crippen molar-refractivity contribution in [2.75, 3.05) is 6.61 Å². The fourth-order valence-corrected chi connectivity index (χ4v) is 4.26. The average Bonchev–Trinajstić information content (AvgIpc) is 2.99. The van der Waals surface area contributed by atoms with Crippen molar-refractivity contribution in [2.45, 2.75) is 19.9 Å². The predicted octanol–water partition coefficient (Wildman–Crippen LogP) is 4.38. The molecule has 0 atom stereocenters. The van der Waals surface area contributed by atoms with E-state index in [1.807, 2.05) is 0 Å². The molecule has 28 heavy (non-hydrogen) atoms. The Labute approximate surface area is 174 Å². The number of carbonyl (C=O) groups excluding carboxylic acids is 2. The van der Waals surface area contributed by atoms with Crippen molar-refractivity contribution in [1.29, 1.82) is 0 Å². The molecule has 0 saturated heterocycles. The van der Waals surface area contributed by atoms with E-state index in [0.717, 1.165) is 11.3 Å². The number of thiazole rings is 1. The number of aromatic nitrogens is 1. The second kappa shape index (κ2) is 8.86. The van der Waals surface area contributed by atoms with Crippen LogP contribution in [0.2, 0.25) is 10.0 Å². The van der Waals surface area contributed by atoms with Gasteiger partial charge in [0.2, 0.25) is 0 Å². The third-order valence-electron chi connectivity index (χ3n) is 3.81. The number of benzene rings is 2. The van der Waals surface area contributed by atoms with Gasteiger partial charge in [0.05, 0.1) is 33.3 Å². The van der Waals surface area contributed by atoms with E-state index in [1.54, 1.807) is 19.1 Å². The molecule has 2 aromatic carbocycles. The van der Waals surface area contributed by atoms with Gasteiger partial charge in [0.25, 0.3) is 5.91 Å². The maximum absolute atomic E-state index is 13.0. The highest BCUT2D eigenvalue weighted by Gasteiger charge is 2.16. The van der Waals surface area contributed by atoms with E-state index in [1.165, 1.54) is 28.8 Å². The number of hydrogen-bond donors (Lipinski definition) is 0. The van der Waals surface area contributed by atoms with Crippen LogP contribution in [0.5, 0.6) is 0 Å². The number of ether oxygens (including phenoxy) is 1. The smallest absolute Gasteiger partial charge is 0.326 e. The fourth-order valence-electron chi connectivity index (χ4n) is 2.60. The third kappa shape index (κ3) is 4.60. The lowest BCUT2D eigenvalue weighted by Gasteiger charge is -2.06. The maximum atomic E-state index is 13.0. The minimum Gasteiger partial charge on any atom is -0.465 e. The second-order valence-electron chi connectivity index (χ2n) is 5.79. The molecule has 0 aliphatic carbocycles. The van der Waals surface area contributed by atoms with E-state index in [2.05, 4.69) is 4.99 Å². The van der Waals surface area contributed by atoms with Crippen molar-refractivity contribution in [1.82, 2.24) is 4.57 Å². The predicted molar refractivity (Wildman–Crippen MR) is 107 cm³/mol. The summed E-state index contributed by atoms with van der Waals surface area (Å²) in [7, 11) is 0. The van der Waals surface area contributed by atoms with Gasteiger partial charge >= 0.3 is 5.97 Å². The van der Waals surface area contributed by atoms with Gasteiger partial charge in [-0.15, -0.1) is 0 Å². The average molecular weight is 441 g/mol. The summed E-state index contributed by atoms with van der Waals surface area (Å²) in [5, 5.41) is 0.821. The zero-order valence-corrected chi connectivity index (χ0v) is 17.1. The molecular formula is C19H15Cl2FN2O3S. The summed E-state index contributed by atoms with van der Waals surface area (Å²) in [6.45, 7) is 1.78. The van der Waals surface area contributed by atoms with Gasteiger partial charge in [-0.3, -0.25) is 9.59 Å². The van der Waals surface area contributed by atoms with Gasteiger partial charge < -0.3 is 9.30 Å². The Kier molecular flexibility index (Phi) is 6.49. The van der Waals surface area contributed by atoms with Crippen molar-refractivity contribution in [3.63, 3.8) is 0 Å². The lowest BCUT2D eigenvalue weighted by atomic mass is 10.1. The molecule has 146 valence electrons. The van der Waals surface area contributed by atoms with Crippen LogP contribution in [0.15, 0.2) is 41.4 Å². The van der Waals surface area contributed by atoms with Gasteiger partial charge in [-0.05, 0) is 36.8 Å². The number of hydrogen-bond acceptors (Lipinski definition) is 4. The van der Waals surface area contributed by atoms with E-state index < -0.39 is 11.9 Å². The molecule has 0 bridgehead atoms. The molecule has 0 N–H and O–H groups in total. The van der Waals surface area contributed by atoms with Crippen molar-refractivity contribution in [3.8, 4) is 0 Å². The van der Waals surface area contributed by atoms with Gasteiger partial charge in [-0.1, -0.05) is 46.7 Å². The Bertz CT molecular complexity index is 1110. The molecule has 0 radical (unpaired) electrons. The van der Waals surface area contributed by atoms with Gasteiger partial charge in [-0.2, -0.15) is 4.99 Å². The number of halogens is 3. The summed E-state index contributed by atoms with van der Waals surface area (Å²) in [6, 6.07) is 8.86. The number of amides is 1. The number of carbonyl (C=O) groups is 2. The SMILES string of the molecule is CCOC(=O)Cn1c(=NC(=O)Cc2ccc(F)cc2)sc2c(Cl)ccc(Cl)c21. The van der Waals surface area contributed by atoms with E-state index >= 15 is 0 Å². The first kappa shape index (κ1) is 20.5. The van der Waals surface area contributed by atoms with Crippen LogP contribution in [0, 0.1) is 5.82 Å². The standard InChI is InChI=1S/C19H15Cl2FN2O3S/c1-2-27-16(26)10-24-17-13(20)7-8-14(21)18(17)28-19(24)23-15(25)9-11-3-5-12(22)6-4-11/h3-8H,2,9-10H2,1H3. The van der Waals surface area contributed by atoms with Crippen LogP contribution in [-0.4, -0.2) is 23.1 Å². The molecule has 1 amide bonds. The first-order valence-corrected chi connectivity index (χ1v) is 9.91. The van der Waals surface area contributed by atoms with Gasteiger partial charge in [-0.25, -0.2) is 4.39 Å². The molecule has 0 fully saturated rings. The Morgan fingerprint density at radius 2 is 1.82 bits per heavy atom. The van der Waals surface area contributed by atoms with E-state index in [9.17, 15) is 14.0 Å². The molecule has 0 aliphatic heterocycles. The fraction of sp³-hybridized carbons (Fsp3) is 0.211. The quantitative estimate of drug-likeness (QED) is 0.552. The molecule has 0 aliphatic rings. The highest BCUT2D eigenvalue weighted by molar-refractivity contribution is 7.17. The molecule has 5 nitrogen and oxygen atoms in total. The first-order chi connectivity index (χ1) is 13.4.